The fourth-order valence-corrected chi connectivity index (χ4v) is 1.05. The molecule has 0 fully saturated rings. The number of rotatable bonds is 7. The molecule has 0 radical (unpaired) electrons. The minimum Gasteiger partial charge on any atom is -0.383 e. The van der Waals surface area contributed by atoms with Crippen molar-refractivity contribution in [1.29, 1.82) is 0 Å². The van der Waals surface area contributed by atoms with Gasteiger partial charge in [0.2, 0.25) is 5.95 Å². The number of aromatic nitrogens is 3. The molecule has 2 N–H and O–H groups in total. The number of anilines is 2. The third-order valence-corrected chi connectivity index (χ3v) is 2.16. The maximum atomic E-state index is 4.93. The molecule has 6 heteroatoms. The van der Waals surface area contributed by atoms with Gasteiger partial charge in [-0.1, -0.05) is 6.92 Å². The molecule has 6 nitrogen and oxygen atoms in total. The Morgan fingerprint density at radius 3 is 3.00 bits per heavy atom. The summed E-state index contributed by atoms with van der Waals surface area (Å²) in [7, 11) is 1.66. The van der Waals surface area contributed by atoms with Crippen molar-refractivity contribution in [3.63, 3.8) is 0 Å². The van der Waals surface area contributed by atoms with Gasteiger partial charge in [-0.25, -0.2) is 0 Å². The van der Waals surface area contributed by atoms with E-state index in [0.29, 0.717) is 31.0 Å². The molecule has 90 valence electrons. The quantitative estimate of drug-likeness (QED) is 0.678. The van der Waals surface area contributed by atoms with Gasteiger partial charge in [0.05, 0.1) is 12.8 Å². The number of hydrogen-bond acceptors (Lipinski definition) is 6. The number of nitrogens with zero attached hydrogens (tertiary/aromatic N) is 3. The van der Waals surface area contributed by atoms with E-state index in [9.17, 15) is 0 Å². The average Bonchev–Trinajstić information content (AvgIpc) is 2.30. The van der Waals surface area contributed by atoms with Crippen LogP contribution in [0.2, 0.25) is 0 Å². The third kappa shape index (κ3) is 4.39. The summed E-state index contributed by atoms with van der Waals surface area (Å²) < 4.78 is 4.93. The first-order valence-electron chi connectivity index (χ1n) is 5.45. The highest BCUT2D eigenvalue weighted by molar-refractivity contribution is 5.37. The summed E-state index contributed by atoms with van der Waals surface area (Å²) in [6.45, 7) is 5.52. The van der Waals surface area contributed by atoms with Crippen molar-refractivity contribution in [3.8, 4) is 0 Å². The monoisotopic (exact) mass is 225 g/mol. The van der Waals surface area contributed by atoms with Gasteiger partial charge in [0.25, 0.3) is 0 Å². The first kappa shape index (κ1) is 12.6. The van der Waals surface area contributed by atoms with E-state index in [1.165, 1.54) is 0 Å². The topological polar surface area (TPSA) is 72.0 Å². The zero-order chi connectivity index (χ0) is 11.8. The zero-order valence-electron chi connectivity index (χ0n) is 10.0. The predicted octanol–water partition coefficient (Wildman–Crippen LogP) is 1.14. The molecular formula is C10H19N5O. The minimum absolute atomic E-state index is 0.344. The van der Waals surface area contributed by atoms with Gasteiger partial charge in [-0.3, -0.25) is 0 Å². The third-order valence-electron chi connectivity index (χ3n) is 2.16. The second kappa shape index (κ2) is 6.95. The van der Waals surface area contributed by atoms with Crippen molar-refractivity contribution in [1.82, 2.24) is 15.2 Å². The van der Waals surface area contributed by atoms with E-state index in [2.05, 4.69) is 39.7 Å². The minimum atomic E-state index is 0.344. The van der Waals surface area contributed by atoms with Crippen molar-refractivity contribution in [2.45, 2.75) is 26.3 Å². The largest absolute Gasteiger partial charge is 0.383 e. The second-order valence-corrected chi connectivity index (χ2v) is 3.54. The highest BCUT2D eigenvalue weighted by Gasteiger charge is 2.03. The van der Waals surface area contributed by atoms with Crippen molar-refractivity contribution in [2.24, 2.45) is 0 Å². The SMILES string of the molecule is CCC(C)Nc1nncc(NCCOC)n1. The van der Waals surface area contributed by atoms with Crippen molar-refractivity contribution >= 4 is 11.8 Å². The summed E-state index contributed by atoms with van der Waals surface area (Å²) in [6, 6.07) is 0.344. The van der Waals surface area contributed by atoms with Crippen LogP contribution in [-0.2, 0) is 4.74 Å². The molecule has 1 rings (SSSR count). The first-order valence-corrected chi connectivity index (χ1v) is 5.45. The van der Waals surface area contributed by atoms with Crippen LogP contribution in [0.3, 0.4) is 0 Å². The summed E-state index contributed by atoms with van der Waals surface area (Å²) >= 11 is 0. The summed E-state index contributed by atoms with van der Waals surface area (Å²) in [4.78, 5) is 4.28. The highest BCUT2D eigenvalue weighted by Crippen LogP contribution is 2.05. The number of methoxy groups -OCH3 is 1. The molecule has 0 aliphatic heterocycles. The Bertz CT molecular complexity index is 307. The molecule has 0 aliphatic carbocycles. The molecule has 1 aromatic heterocycles. The van der Waals surface area contributed by atoms with Gasteiger partial charge in [-0.15, -0.1) is 5.10 Å². The molecule has 16 heavy (non-hydrogen) atoms. The van der Waals surface area contributed by atoms with Crippen LogP contribution in [0.1, 0.15) is 20.3 Å². The first-order chi connectivity index (χ1) is 7.76. The Labute approximate surface area is 95.8 Å². The predicted molar refractivity (Wildman–Crippen MR) is 63.6 cm³/mol. The number of ether oxygens (including phenoxy) is 1. The van der Waals surface area contributed by atoms with Crippen molar-refractivity contribution in [3.05, 3.63) is 6.20 Å². The van der Waals surface area contributed by atoms with Crippen LogP contribution in [0.25, 0.3) is 0 Å². The smallest absolute Gasteiger partial charge is 0.244 e. The standard InChI is InChI=1S/C10H19N5O/c1-4-8(2)13-10-14-9(7-12-15-10)11-5-6-16-3/h7-8H,4-6H2,1-3H3,(H2,11,13,14,15). The fraction of sp³-hybridized carbons (Fsp3) is 0.700. The van der Waals surface area contributed by atoms with Gasteiger partial charge >= 0.3 is 0 Å². The number of hydrogen-bond donors (Lipinski definition) is 2. The molecule has 0 aliphatic rings. The van der Waals surface area contributed by atoms with Crippen LogP contribution in [0.5, 0.6) is 0 Å². The van der Waals surface area contributed by atoms with Gasteiger partial charge < -0.3 is 15.4 Å². The lowest BCUT2D eigenvalue weighted by atomic mass is 10.3. The summed E-state index contributed by atoms with van der Waals surface area (Å²) in [5, 5.41) is 14.0. The normalized spacial score (nSPS) is 12.2. The Balaban J connectivity index is 2.50. The molecule has 0 saturated heterocycles. The van der Waals surface area contributed by atoms with Gasteiger partial charge in [0.15, 0.2) is 5.82 Å². The van der Waals surface area contributed by atoms with Gasteiger partial charge in [0.1, 0.15) is 0 Å². The van der Waals surface area contributed by atoms with E-state index in [4.69, 9.17) is 4.74 Å². The lowest BCUT2D eigenvalue weighted by molar-refractivity contribution is 0.210. The summed E-state index contributed by atoms with van der Waals surface area (Å²) in [5.41, 5.74) is 0. The molecule has 0 spiro atoms. The molecule has 1 aromatic rings. The van der Waals surface area contributed by atoms with E-state index in [1.807, 2.05) is 0 Å². The lowest BCUT2D eigenvalue weighted by Crippen LogP contribution is -2.17. The molecule has 1 atom stereocenters. The average molecular weight is 225 g/mol. The number of nitrogens with one attached hydrogen (secondary N) is 2. The van der Waals surface area contributed by atoms with Crippen LogP contribution in [0.15, 0.2) is 6.20 Å². The van der Waals surface area contributed by atoms with E-state index in [-0.39, 0.29) is 0 Å². The Hall–Kier alpha value is -1.43. The van der Waals surface area contributed by atoms with Gasteiger partial charge in [-0.05, 0) is 13.3 Å². The van der Waals surface area contributed by atoms with E-state index in [0.717, 1.165) is 6.42 Å². The summed E-state index contributed by atoms with van der Waals surface area (Å²) in [6.07, 6.45) is 2.61. The van der Waals surface area contributed by atoms with E-state index < -0.39 is 0 Å². The lowest BCUT2D eigenvalue weighted by Gasteiger charge is -2.11. The fourth-order valence-electron chi connectivity index (χ4n) is 1.05. The summed E-state index contributed by atoms with van der Waals surface area (Å²) in [5.74, 6) is 1.26. The Morgan fingerprint density at radius 2 is 2.31 bits per heavy atom. The van der Waals surface area contributed by atoms with Crippen molar-refractivity contribution < 1.29 is 4.74 Å². The maximum absolute atomic E-state index is 4.93. The van der Waals surface area contributed by atoms with Crippen LogP contribution in [-0.4, -0.2) is 41.5 Å². The molecule has 0 saturated carbocycles. The van der Waals surface area contributed by atoms with Gasteiger partial charge in [-0.2, -0.15) is 10.1 Å². The van der Waals surface area contributed by atoms with Crippen LogP contribution < -0.4 is 10.6 Å². The molecule has 0 aromatic carbocycles. The molecular weight excluding hydrogens is 206 g/mol. The Kier molecular flexibility index (Phi) is 5.49. The van der Waals surface area contributed by atoms with Crippen LogP contribution in [0.4, 0.5) is 11.8 Å². The Morgan fingerprint density at radius 1 is 1.50 bits per heavy atom. The highest BCUT2D eigenvalue weighted by atomic mass is 16.5. The van der Waals surface area contributed by atoms with E-state index >= 15 is 0 Å². The zero-order valence-corrected chi connectivity index (χ0v) is 10.0. The van der Waals surface area contributed by atoms with Crippen LogP contribution >= 0.6 is 0 Å². The van der Waals surface area contributed by atoms with E-state index in [1.54, 1.807) is 13.3 Å². The second-order valence-electron chi connectivity index (χ2n) is 3.54. The maximum Gasteiger partial charge on any atom is 0.244 e. The molecule has 1 heterocycles. The molecule has 0 bridgehead atoms. The van der Waals surface area contributed by atoms with Gasteiger partial charge in [0, 0.05) is 19.7 Å². The molecule has 0 amide bonds. The van der Waals surface area contributed by atoms with Crippen molar-refractivity contribution in [2.75, 3.05) is 30.9 Å². The van der Waals surface area contributed by atoms with Crippen LogP contribution in [0, 0.1) is 0 Å². The molecule has 1 unspecified atom stereocenters.